The van der Waals surface area contributed by atoms with Crippen LogP contribution in [0.25, 0.3) is 0 Å². The molecule has 1 aromatic rings. The van der Waals surface area contributed by atoms with Gasteiger partial charge in [-0.1, -0.05) is 58.1 Å². The minimum atomic E-state index is 0.0238. The van der Waals surface area contributed by atoms with Crippen molar-refractivity contribution >= 4 is 0 Å². The van der Waals surface area contributed by atoms with Crippen LogP contribution in [0.2, 0.25) is 0 Å². The van der Waals surface area contributed by atoms with Gasteiger partial charge in [0.2, 0.25) is 0 Å². The van der Waals surface area contributed by atoms with Gasteiger partial charge in [-0.05, 0) is 85.8 Å². The SMILES string of the molecule is CCCc1ccc([C@H]2CC[C@H]([C@H]3CC[C@H](CCC)CC3)CC2)cc1F. The van der Waals surface area contributed by atoms with Crippen molar-refractivity contribution in [1.82, 2.24) is 0 Å². The molecule has 2 saturated carbocycles. The molecule has 2 aliphatic carbocycles. The van der Waals surface area contributed by atoms with Crippen molar-refractivity contribution < 1.29 is 4.39 Å². The Morgan fingerprint density at radius 3 is 2.04 bits per heavy atom. The fourth-order valence-corrected chi connectivity index (χ4v) is 5.57. The molecular formula is C24H37F. The summed E-state index contributed by atoms with van der Waals surface area (Å²) in [5, 5.41) is 0. The molecule has 0 aromatic heterocycles. The Balaban J connectivity index is 1.50. The summed E-state index contributed by atoms with van der Waals surface area (Å²) in [5.41, 5.74) is 2.14. The molecule has 0 atom stereocenters. The first kappa shape index (κ1) is 18.9. The molecule has 3 rings (SSSR count). The van der Waals surface area contributed by atoms with E-state index < -0.39 is 0 Å². The van der Waals surface area contributed by atoms with Crippen LogP contribution < -0.4 is 0 Å². The van der Waals surface area contributed by atoms with E-state index in [1.807, 2.05) is 12.1 Å². The number of benzene rings is 1. The van der Waals surface area contributed by atoms with Gasteiger partial charge in [0.15, 0.2) is 0 Å². The lowest BCUT2D eigenvalue weighted by molar-refractivity contribution is 0.156. The summed E-state index contributed by atoms with van der Waals surface area (Å²) in [4.78, 5) is 0. The van der Waals surface area contributed by atoms with E-state index >= 15 is 0 Å². The first-order chi connectivity index (χ1) is 12.2. The van der Waals surface area contributed by atoms with E-state index in [1.54, 1.807) is 0 Å². The zero-order valence-electron chi connectivity index (χ0n) is 16.4. The van der Waals surface area contributed by atoms with E-state index in [-0.39, 0.29) is 5.82 Å². The van der Waals surface area contributed by atoms with Gasteiger partial charge < -0.3 is 0 Å². The quantitative estimate of drug-likeness (QED) is 0.497. The van der Waals surface area contributed by atoms with E-state index in [4.69, 9.17) is 0 Å². The minimum absolute atomic E-state index is 0.0238. The average Bonchev–Trinajstić information content (AvgIpc) is 2.65. The minimum Gasteiger partial charge on any atom is -0.207 e. The summed E-state index contributed by atoms with van der Waals surface area (Å²) < 4.78 is 14.3. The predicted molar refractivity (Wildman–Crippen MR) is 105 cm³/mol. The molecule has 25 heavy (non-hydrogen) atoms. The first-order valence-electron chi connectivity index (χ1n) is 11.0. The Labute approximate surface area is 154 Å². The Kier molecular flexibility index (Phi) is 6.96. The zero-order chi connectivity index (χ0) is 17.6. The van der Waals surface area contributed by atoms with Crippen LogP contribution in [-0.4, -0.2) is 0 Å². The third-order valence-electron chi connectivity index (χ3n) is 7.09. The fourth-order valence-electron chi connectivity index (χ4n) is 5.57. The summed E-state index contributed by atoms with van der Waals surface area (Å²) in [6.45, 7) is 4.44. The van der Waals surface area contributed by atoms with Gasteiger partial charge in [-0.2, -0.15) is 0 Å². The van der Waals surface area contributed by atoms with Gasteiger partial charge in [0.1, 0.15) is 5.82 Å². The number of aryl methyl sites for hydroxylation is 1. The van der Waals surface area contributed by atoms with Gasteiger partial charge in [-0.3, -0.25) is 0 Å². The lowest BCUT2D eigenvalue weighted by atomic mass is 9.68. The second-order valence-corrected chi connectivity index (χ2v) is 8.78. The molecule has 2 aliphatic rings. The van der Waals surface area contributed by atoms with Gasteiger partial charge in [-0.15, -0.1) is 0 Å². The third-order valence-corrected chi connectivity index (χ3v) is 7.09. The number of hydrogen-bond acceptors (Lipinski definition) is 0. The number of halogens is 1. The van der Waals surface area contributed by atoms with Crippen molar-refractivity contribution in [1.29, 1.82) is 0 Å². The molecule has 0 aliphatic heterocycles. The summed E-state index contributed by atoms with van der Waals surface area (Å²) in [5.74, 6) is 3.57. The highest BCUT2D eigenvalue weighted by atomic mass is 19.1. The van der Waals surface area contributed by atoms with Gasteiger partial charge in [0, 0.05) is 0 Å². The Bertz CT molecular complexity index is 519. The van der Waals surface area contributed by atoms with E-state index in [0.29, 0.717) is 5.92 Å². The maximum absolute atomic E-state index is 14.3. The Morgan fingerprint density at radius 2 is 1.48 bits per heavy atom. The largest absolute Gasteiger partial charge is 0.207 e. The predicted octanol–water partition coefficient (Wildman–Crippen LogP) is 7.66. The molecule has 2 fully saturated rings. The number of hydrogen-bond donors (Lipinski definition) is 0. The first-order valence-corrected chi connectivity index (χ1v) is 11.0. The second kappa shape index (κ2) is 9.19. The van der Waals surface area contributed by atoms with Crippen LogP contribution in [0, 0.1) is 23.6 Å². The van der Waals surface area contributed by atoms with Crippen LogP contribution in [0.3, 0.4) is 0 Å². The van der Waals surface area contributed by atoms with Crippen molar-refractivity contribution in [3.05, 3.63) is 35.1 Å². The zero-order valence-corrected chi connectivity index (χ0v) is 16.4. The van der Waals surface area contributed by atoms with Crippen LogP contribution in [0.1, 0.15) is 102 Å². The van der Waals surface area contributed by atoms with Crippen molar-refractivity contribution in [3.63, 3.8) is 0 Å². The molecule has 0 bridgehead atoms. The summed E-state index contributed by atoms with van der Waals surface area (Å²) in [6.07, 6.45) is 15.8. The van der Waals surface area contributed by atoms with Gasteiger partial charge in [0.25, 0.3) is 0 Å². The van der Waals surface area contributed by atoms with E-state index in [0.717, 1.165) is 36.2 Å². The average molecular weight is 345 g/mol. The normalized spacial score (nSPS) is 30.4. The van der Waals surface area contributed by atoms with Crippen molar-refractivity contribution in [3.8, 4) is 0 Å². The molecule has 0 nitrogen and oxygen atoms in total. The van der Waals surface area contributed by atoms with Crippen LogP contribution in [0.4, 0.5) is 4.39 Å². The maximum atomic E-state index is 14.3. The molecule has 0 heterocycles. The van der Waals surface area contributed by atoms with Crippen LogP contribution in [0.5, 0.6) is 0 Å². The van der Waals surface area contributed by atoms with E-state index in [2.05, 4.69) is 19.9 Å². The molecule has 0 N–H and O–H groups in total. The molecule has 0 amide bonds. The molecule has 0 unspecified atom stereocenters. The van der Waals surface area contributed by atoms with Gasteiger partial charge in [0.05, 0.1) is 0 Å². The lowest BCUT2D eigenvalue weighted by Crippen LogP contribution is -2.25. The van der Waals surface area contributed by atoms with Crippen molar-refractivity contribution in [2.45, 2.75) is 96.8 Å². The van der Waals surface area contributed by atoms with Crippen LogP contribution in [0.15, 0.2) is 18.2 Å². The topological polar surface area (TPSA) is 0 Å². The van der Waals surface area contributed by atoms with Gasteiger partial charge >= 0.3 is 0 Å². The summed E-state index contributed by atoms with van der Waals surface area (Å²) >= 11 is 0. The highest BCUT2D eigenvalue weighted by Gasteiger charge is 2.31. The molecule has 0 spiro atoms. The van der Waals surface area contributed by atoms with E-state index in [9.17, 15) is 4.39 Å². The van der Waals surface area contributed by atoms with Crippen molar-refractivity contribution in [2.24, 2.45) is 17.8 Å². The fraction of sp³-hybridized carbons (Fsp3) is 0.750. The molecular weight excluding hydrogens is 307 g/mol. The number of rotatable bonds is 6. The van der Waals surface area contributed by atoms with E-state index in [1.165, 1.54) is 69.8 Å². The molecule has 140 valence electrons. The van der Waals surface area contributed by atoms with Crippen LogP contribution in [-0.2, 0) is 6.42 Å². The molecule has 0 saturated heterocycles. The highest BCUT2D eigenvalue weighted by Crippen LogP contribution is 2.44. The Morgan fingerprint density at radius 1 is 0.840 bits per heavy atom. The van der Waals surface area contributed by atoms with Crippen molar-refractivity contribution in [2.75, 3.05) is 0 Å². The summed E-state index contributed by atoms with van der Waals surface area (Å²) in [7, 11) is 0. The second-order valence-electron chi connectivity index (χ2n) is 8.78. The molecule has 0 radical (unpaired) electrons. The molecule has 1 heteroatoms. The van der Waals surface area contributed by atoms with Gasteiger partial charge in [-0.25, -0.2) is 4.39 Å². The van der Waals surface area contributed by atoms with Crippen LogP contribution >= 0.6 is 0 Å². The molecule has 1 aromatic carbocycles. The Hall–Kier alpha value is -0.850. The maximum Gasteiger partial charge on any atom is 0.126 e. The lowest BCUT2D eigenvalue weighted by Gasteiger charge is -2.38. The smallest absolute Gasteiger partial charge is 0.126 e. The third kappa shape index (κ3) is 4.86. The highest BCUT2D eigenvalue weighted by molar-refractivity contribution is 5.27. The summed E-state index contributed by atoms with van der Waals surface area (Å²) in [6, 6.07) is 6.08. The standard InChI is InChI=1S/C24H37F/c1-3-5-18-7-9-19(10-8-18)20-11-13-21(14-12-20)23-16-15-22(6-4-2)24(25)17-23/h15-21H,3-14H2,1-2H3/t18-,19-,20-,21-. The monoisotopic (exact) mass is 344 g/mol.